The predicted molar refractivity (Wildman–Crippen MR) is 102 cm³/mol. The fourth-order valence-electron chi connectivity index (χ4n) is 2.94. The number of nitrogens with one attached hydrogen (secondary N) is 2. The van der Waals surface area contributed by atoms with Gasteiger partial charge in [-0.2, -0.15) is 0 Å². The lowest BCUT2D eigenvalue weighted by atomic mass is 9.95. The molecule has 2 N–H and O–H groups in total. The summed E-state index contributed by atoms with van der Waals surface area (Å²) in [5.74, 6) is 0.00289. The van der Waals surface area contributed by atoms with Crippen LogP contribution in [0.2, 0.25) is 0 Å². The first-order chi connectivity index (χ1) is 12.4. The molecule has 6 heteroatoms. The predicted octanol–water partition coefficient (Wildman–Crippen LogP) is 2.80. The molecule has 1 aliphatic heterocycles. The van der Waals surface area contributed by atoms with Crippen molar-refractivity contribution < 1.29 is 14.4 Å². The normalized spacial score (nSPS) is 16.0. The van der Waals surface area contributed by atoms with E-state index in [-0.39, 0.29) is 29.7 Å². The van der Waals surface area contributed by atoms with Gasteiger partial charge in [0.15, 0.2) is 0 Å². The Balaban J connectivity index is 1.88. The van der Waals surface area contributed by atoms with Gasteiger partial charge in [-0.15, -0.1) is 0 Å². The lowest BCUT2D eigenvalue weighted by Gasteiger charge is -2.32. The van der Waals surface area contributed by atoms with Gasteiger partial charge in [-0.3, -0.25) is 14.4 Å². The molecule has 3 amide bonds. The number of hydrogen-bond donors (Lipinski definition) is 2. The first-order valence-corrected chi connectivity index (χ1v) is 9.44. The van der Waals surface area contributed by atoms with Crippen molar-refractivity contribution in [2.24, 2.45) is 5.92 Å². The summed E-state index contributed by atoms with van der Waals surface area (Å²) in [5.41, 5.74) is 1.29. The molecule has 1 heterocycles. The van der Waals surface area contributed by atoms with E-state index in [1.165, 1.54) is 0 Å². The maximum Gasteiger partial charge on any atom is 0.253 e. The Kier molecular flexibility index (Phi) is 7.18. The summed E-state index contributed by atoms with van der Waals surface area (Å²) in [6.45, 7) is 7.02. The summed E-state index contributed by atoms with van der Waals surface area (Å²) in [6, 6.07) is 7.14. The van der Waals surface area contributed by atoms with Gasteiger partial charge >= 0.3 is 0 Å². The van der Waals surface area contributed by atoms with E-state index < -0.39 is 0 Å². The second-order valence-corrected chi connectivity index (χ2v) is 6.86. The topological polar surface area (TPSA) is 78.5 Å². The first-order valence-electron chi connectivity index (χ1n) is 9.44. The van der Waals surface area contributed by atoms with Gasteiger partial charge in [-0.05, 0) is 50.5 Å². The lowest BCUT2D eigenvalue weighted by Crippen LogP contribution is -2.44. The zero-order valence-corrected chi connectivity index (χ0v) is 15.9. The average molecular weight is 359 g/mol. The minimum absolute atomic E-state index is 0.0142. The van der Waals surface area contributed by atoms with Crippen LogP contribution in [0.3, 0.4) is 0 Å². The molecular weight excluding hydrogens is 330 g/mol. The Morgan fingerprint density at radius 2 is 1.73 bits per heavy atom. The van der Waals surface area contributed by atoms with E-state index in [4.69, 9.17) is 0 Å². The molecule has 0 bridgehead atoms. The molecule has 1 aliphatic rings. The van der Waals surface area contributed by atoms with Crippen molar-refractivity contribution >= 4 is 23.4 Å². The monoisotopic (exact) mass is 359 g/mol. The molecule has 1 aromatic rings. The van der Waals surface area contributed by atoms with E-state index >= 15 is 0 Å². The highest BCUT2D eigenvalue weighted by Crippen LogP contribution is 2.20. The second-order valence-electron chi connectivity index (χ2n) is 6.86. The number of hydrogen-bond acceptors (Lipinski definition) is 3. The highest BCUT2D eigenvalue weighted by atomic mass is 16.2. The summed E-state index contributed by atoms with van der Waals surface area (Å²) < 4.78 is 0. The SMILES string of the molecule is CCC(=O)Nc1ccc(C(=O)N2CCC(C(=O)NC(C)CC)CC2)cc1. The number of rotatable bonds is 6. The smallest absolute Gasteiger partial charge is 0.253 e. The van der Waals surface area contributed by atoms with Crippen molar-refractivity contribution in [3.8, 4) is 0 Å². The van der Waals surface area contributed by atoms with E-state index in [0.29, 0.717) is 43.6 Å². The van der Waals surface area contributed by atoms with Gasteiger partial charge in [0, 0.05) is 42.7 Å². The van der Waals surface area contributed by atoms with E-state index in [1.807, 2.05) is 13.8 Å². The van der Waals surface area contributed by atoms with Gasteiger partial charge in [0.2, 0.25) is 11.8 Å². The summed E-state index contributed by atoms with van der Waals surface area (Å²) in [7, 11) is 0. The molecule has 0 aliphatic carbocycles. The molecule has 1 fully saturated rings. The molecule has 6 nitrogen and oxygen atoms in total. The van der Waals surface area contributed by atoms with Crippen LogP contribution in [-0.4, -0.2) is 41.8 Å². The summed E-state index contributed by atoms with van der Waals surface area (Å²) in [4.78, 5) is 38.0. The molecule has 1 saturated heterocycles. The molecule has 26 heavy (non-hydrogen) atoms. The van der Waals surface area contributed by atoms with Crippen LogP contribution in [0.4, 0.5) is 5.69 Å². The van der Waals surface area contributed by atoms with E-state index in [1.54, 1.807) is 36.1 Å². The quantitative estimate of drug-likeness (QED) is 0.820. The molecule has 0 aromatic heterocycles. The minimum atomic E-state index is -0.0539. The van der Waals surface area contributed by atoms with Crippen molar-refractivity contribution in [1.82, 2.24) is 10.2 Å². The molecule has 142 valence electrons. The Morgan fingerprint density at radius 3 is 2.27 bits per heavy atom. The summed E-state index contributed by atoms with van der Waals surface area (Å²) in [5, 5.41) is 5.79. The van der Waals surface area contributed by atoms with Crippen LogP contribution in [0.15, 0.2) is 24.3 Å². The fraction of sp³-hybridized carbons (Fsp3) is 0.550. The number of anilines is 1. The molecule has 1 atom stereocenters. The number of nitrogens with zero attached hydrogens (tertiary/aromatic N) is 1. The summed E-state index contributed by atoms with van der Waals surface area (Å²) in [6.07, 6.45) is 2.72. The van der Waals surface area contributed by atoms with Crippen molar-refractivity contribution in [2.75, 3.05) is 18.4 Å². The molecule has 1 unspecified atom stereocenters. The van der Waals surface area contributed by atoms with Crippen molar-refractivity contribution in [1.29, 1.82) is 0 Å². The maximum absolute atomic E-state index is 12.6. The number of piperidine rings is 1. The number of amides is 3. The lowest BCUT2D eigenvalue weighted by molar-refractivity contribution is -0.127. The summed E-state index contributed by atoms with van der Waals surface area (Å²) >= 11 is 0. The van der Waals surface area contributed by atoms with Gasteiger partial charge in [-0.1, -0.05) is 13.8 Å². The second kappa shape index (κ2) is 9.36. The third kappa shape index (κ3) is 5.31. The largest absolute Gasteiger partial charge is 0.353 e. The van der Waals surface area contributed by atoms with Gasteiger partial charge in [0.1, 0.15) is 0 Å². The van der Waals surface area contributed by atoms with Gasteiger partial charge in [0.05, 0.1) is 0 Å². The Labute approximate surface area is 155 Å². The third-order valence-corrected chi connectivity index (χ3v) is 4.89. The zero-order chi connectivity index (χ0) is 19.1. The Morgan fingerprint density at radius 1 is 1.12 bits per heavy atom. The third-order valence-electron chi connectivity index (χ3n) is 4.89. The number of carbonyl (C=O) groups is 3. The van der Waals surface area contributed by atoms with Crippen molar-refractivity contribution in [3.63, 3.8) is 0 Å². The Hall–Kier alpha value is -2.37. The van der Waals surface area contributed by atoms with E-state index in [9.17, 15) is 14.4 Å². The van der Waals surface area contributed by atoms with Crippen LogP contribution in [0.5, 0.6) is 0 Å². The molecule has 0 saturated carbocycles. The molecule has 0 spiro atoms. The van der Waals surface area contributed by atoms with Gasteiger partial charge < -0.3 is 15.5 Å². The highest BCUT2D eigenvalue weighted by Gasteiger charge is 2.28. The zero-order valence-electron chi connectivity index (χ0n) is 15.9. The molecular formula is C20H29N3O3. The van der Waals surface area contributed by atoms with Crippen molar-refractivity contribution in [3.05, 3.63) is 29.8 Å². The average Bonchev–Trinajstić information content (AvgIpc) is 2.67. The van der Waals surface area contributed by atoms with Crippen LogP contribution < -0.4 is 10.6 Å². The van der Waals surface area contributed by atoms with Crippen LogP contribution in [0, 0.1) is 5.92 Å². The molecule has 0 radical (unpaired) electrons. The van der Waals surface area contributed by atoms with Crippen LogP contribution >= 0.6 is 0 Å². The van der Waals surface area contributed by atoms with Crippen LogP contribution in [0.1, 0.15) is 56.8 Å². The highest BCUT2D eigenvalue weighted by molar-refractivity contribution is 5.96. The Bertz CT molecular complexity index is 634. The van der Waals surface area contributed by atoms with Crippen LogP contribution in [-0.2, 0) is 9.59 Å². The molecule has 1 aromatic carbocycles. The minimum Gasteiger partial charge on any atom is -0.353 e. The number of benzene rings is 1. The number of carbonyl (C=O) groups excluding carboxylic acids is 3. The van der Waals surface area contributed by atoms with Crippen molar-refractivity contribution in [2.45, 2.75) is 52.5 Å². The van der Waals surface area contributed by atoms with E-state index in [0.717, 1.165) is 6.42 Å². The number of likely N-dealkylation sites (tertiary alicyclic amines) is 1. The first kappa shape index (κ1) is 19.9. The van der Waals surface area contributed by atoms with E-state index in [2.05, 4.69) is 10.6 Å². The maximum atomic E-state index is 12.6. The standard InChI is InChI=1S/C20H29N3O3/c1-4-14(3)21-19(25)15-10-12-23(13-11-15)20(26)16-6-8-17(9-7-16)22-18(24)5-2/h6-9,14-15H,4-5,10-13H2,1-3H3,(H,21,25)(H,22,24). The van der Waals surface area contributed by atoms with Gasteiger partial charge in [0.25, 0.3) is 5.91 Å². The fourth-order valence-corrected chi connectivity index (χ4v) is 2.94. The van der Waals surface area contributed by atoms with Crippen LogP contribution in [0.25, 0.3) is 0 Å². The van der Waals surface area contributed by atoms with Gasteiger partial charge in [-0.25, -0.2) is 0 Å². The molecule has 2 rings (SSSR count).